The standard InChI is InChI=1S/C25H28N2O3/c1-24(2)21-14-17-18(6-5-7-20(17)28)25(24,3)10-11-27(21)23(30)15-8-9-19-16(12-15)13-22(29)26(19)4/h5-9,12,21,28H,10-11,13-14H2,1-4H3/t21-,25+/m1/s1. The topological polar surface area (TPSA) is 60.9 Å². The Balaban J connectivity index is 1.54. The van der Waals surface area contributed by atoms with Crippen LogP contribution in [0.1, 0.15) is 54.2 Å². The molecule has 2 heterocycles. The number of nitrogens with zero attached hydrogens (tertiary/aromatic N) is 2. The molecule has 0 radical (unpaired) electrons. The van der Waals surface area contributed by atoms with Crippen molar-refractivity contribution in [3.63, 3.8) is 0 Å². The Hall–Kier alpha value is -2.82. The molecule has 1 aliphatic carbocycles. The number of carbonyl (C=O) groups excluding carboxylic acids is 2. The summed E-state index contributed by atoms with van der Waals surface area (Å²) < 4.78 is 0. The molecular weight excluding hydrogens is 376 g/mol. The molecule has 2 aliphatic heterocycles. The molecule has 5 nitrogen and oxygen atoms in total. The molecule has 1 N–H and O–H groups in total. The van der Waals surface area contributed by atoms with E-state index in [9.17, 15) is 14.7 Å². The van der Waals surface area contributed by atoms with E-state index in [0.29, 0.717) is 30.7 Å². The van der Waals surface area contributed by atoms with Gasteiger partial charge in [0.25, 0.3) is 5.91 Å². The molecule has 0 saturated carbocycles. The van der Waals surface area contributed by atoms with Crippen LogP contribution in [0.25, 0.3) is 0 Å². The van der Waals surface area contributed by atoms with Crippen molar-refractivity contribution < 1.29 is 14.7 Å². The summed E-state index contributed by atoms with van der Waals surface area (Å²) in [6.45, 7) is 7.46. The molecule has 156 valence electrons. The summed E-state index contributed by atoms with van der Waals surface area (Å²) in [5.41, 5.74) is 4.40. The maximum absolute atomic E-state index is 13.6. The summed E-state index contributed by atoms with van der Waals surface area (Å²) in [6.07, 6.45) is 1.86. The van der Waals surface area contributed by atoms with Crippen molar-refractivity contribution in [2.24, 2.45) is 5.41 Å². The lowest BCUT2D eigenvalue weighted by atomic mass is 9.51. The van der Waals surface area contributed by atoms with Crippen LogP contribution in [0.3, 0.4) is 0 Å². The minimum Gasteiger partial charge on any atom is -0.508 e. The molecule has 2 amide bonds. The number of likely N-dealkylation sites (tertiary alicyclic amines) is 1. The first-order valence-corrected chi connectivity index (χ1v) is 10.7. The Kier molecular flexibility index (Phi) is 3.89. The van der Waals surface area contributed by atoms with Crippen LogP contribution in [0.5, 0.6) is 5.75 Å². The Bertz CT molecular complexity index is 1090. The van der Waals surface area contributed by atoms with Crippen LogP contribution in [-0.4, -0.2) is 41.5 Å². The molecule has 2 aromatic rings. The molecule has 2 atom stereocenters. The molecule has 2 bridgehead atoms. The van der Waals surface area contributed by atoms with Crippen LogP contribution >= 0.6 is 0 Å². The van der Waals surface area contributed by atoms with Gasteiger partial charge in [0.1, 0.15) is 5.75 Å². The van der Waals surface area contributed by atoms with E-state index in [4.69, 9.17) is 0 Å². The van der Waals surface area contributed by atoms with E-state index < -0.39 is 0 Å². The summed E-state index contributed by atoms with van der Waals surface area (Å²) >= 11 is 0. The van der Waals surface area contributed by atoms with E-state index in [1.165, 1.54) is 5.56 Å². The first kappa shape index (κ1) is 19.2. The predicted molar refractivity (Wildman–Crippen MR) is 116 cm³/mol. The summed E-state index contributed by atoms with van der Waals surface area (Å²) in [4.78, 5) is 29.3. The highest BCUT2D eigenvalue weighted by Gasteiger charge is 2.57. The van der Waals surface area contributed by atoms with Crippen molar-refractivity contribution in [2.75, 3.05) is 18.5 Å². The number of rotatable bonds is 1. The number of hydrogen-bond donors (Lipinski definition) is 1. The fourth-order valence-electron chi connectivity index (χ4n) is 5.94. The summed E-state index contributed by atoms with van der Waals surface area (Å²) in [5, 5.41) is 10.6. The lowest BCUT2D eigenvalue weighted by molar-refractivity contribution is -0.117. The normalized spacial score (nSPS) is 26.4. The van der Waals surface area contributed by atoms with E-state index in [-0.39, 0.29) is 28.7 Å². The van der Waals surface area contributed by atoms with Gasteiger partial charge in [0.15, 0.2) is 0 Å². The van der Waals surface area contributed by atoms with Crippen molar-refractivity contribution in [3.05, 3.63) is 58.7 Å². The SMILES string of the molecule is CN1C(=O)Cc2cc(C(=O)N3CC[C@@]4(C)c5cccc(O)c5C[C@@H]3C4(C)C)ccc21. The Morgan fingerprint density at radius 2 is 1.93 bits per heavy atom. The summed E-state index contributed by atoms with van der Waals surface area (Å²) in [5.74, 6) is 0.398. The second-order valence-electron chi connectivity index (χ2n) is 9.80. The van der Waals surface area contributed by atoms with Crippen LogP contribution in [0, 0.1) is 5.41 Å². The minimum atomic E-state index is -0.130. The third-order valence-electron chi connectivity index (χ3n) is 8.29. The van der Waals surface area contributed by atoms with Crippen LogP contribution in [0.4, 0.5) is 5.69 Å². The molecule has 0 unspecified atom stereocenters. The zero-order chi connectivity index (χ0) is 21.4. The van der Waals surface area contributed by atoms with Gasteiger partial charge >= 0.3 is 0 Å². The highest BCUT2D eigenvalue weighted by atomic mass is 16.3. The lowest BCUT2D eigenvalue weighted by Crippen LogP contribution is -2.64. The summed E-state index contributed by atoms with van der Waals surface area (Å²) in [6, 6.07) is 11.4. The summed E-state index contributed by atoms with van der Waals surface area (Å²) in [7, 11) is 1.77. The van der Waals surface area contributed by atoms with Gasteiger partial charge in [-0.1, -0.05) is 32.9 Å². The number of hydrogen-bond acceptors (Lipinski definition) is 3. The monoisotopic (exact) mass is 404 g/mol. The van der Waals surface area contributed by atoms with Crippen molar-refractivity contribution in [2.45, 2.75) is 51.5 Å². The molecule has 30 heavy (non-hydrogen) atoms. The average Bonchev–Trinajstić information content (AvgIpc) is 2.98. The van der Waals surface area contributed by atoms with E-state index in [2.05, 4.69) is 26.8 Å². The zero-order valence-electron chi connectivity index (χ0n) is 18.0. The highest BCUT2D eigenvalue weighted by molar-refractivity contribution is 6.03. The highest BCUT2D eigenvalue weighted by Crippen LogP contribution is 2.57. The van der Waals surface area contributed by atoms with Gasteiger partial charge in [-0.3, -0.25) is 9.59 Å². The smallest absolute Gasteiger partial charge is 0.254 e. The molecule has 5 rings (SSSR count). The van der Waals surface area contributed by atoms with Crippen molar-refractivity contribution in [1.82, 2.24) is 4.90 Å². The number of piperidine rings is 1. The second-order valence-corrected chi connectivity index (χ2v) is 9.80. The van der Waals surface area contributed by atoms with Gasteiger partial charge in [0.2, 0.25) is 5.91 Å². The zero-order valence-corrected chi connectivity index (χ0v) is 18.0. The van der Waals surface area contributed by atoms with E-state index in [1.54, 1.807) is 18.0 Å². The number of phenolic OH excluding ortho intramolecular Hbond substituents is 1. The number of amides is 2. The van der Waals surface area contributed by atoms with Gasteiger partial charge in [-0.15, -0.1) is 0 Å². The number of aromatic hydroxyl groups is 1. The van der Waals surface area contributed by atoms with Crippen LogP contribution in [0.2, 0.25) is 0 Å². The lowest BCUT2D eigenvalue weighted by Gasteiger charge is -2.60. The molecule has 2 aromatic carbocycles. The first-order chi connectivity index (χ1) is 14.1. The van der Waals surface area contributed by atoms with Gasteiger partial charge in [0, 0.05) is 36.3 Å². The fraction of sp³-hybridized carbons (Fsp3) is 0.440. The van der Waals surface area contributed by atoms with Crippen molar-refractivity contribution in [3.8, 4) is 5.75 Å². The van der Waals surface area contributed by atoms with Crippen LogP contribution in [0.15, 0.2) is 36.4 Å². The third kappa shape index (κ3) is 2.35. The number of likely N-dealkylation sites (N-methyl/N-ethyl adjacent to an activating group) is 1. The number of benzene rings is 2. The van der Waals surface area contributed by atoms with Crippen molar-refractivity contribution in [1.29, 1.82) is 0 Å². The van der Waals surface area contributed by atoms with E-state index in [0.717, 1.165) is 23.2 Å². The Morgan fingerprint density at radius 3 is 2.70 bits per heavy atom. The largest absolute Gasteiger partial charge is 0.508 e. The fourth-order valence-corrected chi connectivity index (χ4v) is 5.94. The molecule has 0 spiro atoms. The number of anilines is 1. The second kappa shape index (κ2) is 6.10. The quantitative estimate of drug-likeness (QED) is 0.789. The van der Waals surface area contributed by atoms with Crippen LogP contribution < -0.4 is 4.90 Å². The molecular formula is C25H28N2O3. The maximum atomic E-state index is 13.6. The predicted octanol–water partition coefficient (Wildman–Crippen LogP) is 3.67. The van der Waals surface area contributed by atoms with Gasteiger partial charge in [-0.25, -0.2) is 0 Å². The number of carbonyl (C=O) groups is 2. The Labute approximate surface area is 177 Å². The van der Waals surface area contributed by atoms with E-state index in [1.807, 2.05) is 29.2 Å². The number of phenols is 1. The van der Waals surface area contributed by atoms with E-state index >= 15 is 0 Å². The Morgan fingerprint density at radius 1 is 1.17 bits per heavy atom. The minimum absolute atomic E-state index is 0.00195. The molecule has 5 heteroatoms. The van der Waals surface area contributed by atoms with Gasteiger partial charge < -0.3 is 14.9 Å². The first-order valence-electron chi connectivity index (χ1n) is 10.7. The van der Waals surface area contributed by atoms with Crippen molar-refractivity contribution >= 4 is 17.5 Å². The molecule has 1 fully saturated rings. The van der Waals surface area contributed by atoms with Gasteiger partial charge in [-0.2, -0.15) is 0 Å². The molecule has 3 aliphatic rings. The third-order valence-corrected chi connectivity index (χ3v) is 8.29. The van der Waals surface area contributed by atoms with Gasteiger partial charge in [0.05, 0.1) is 6.42 Å². The molecule has 0 aromatic heterocycles. The number of fused-ring (bicyclic) bond motifs is 5. The van der Waals surface area contributed by atoms with Crippen LogP contribution in [-0.2, 0) is 23.1 Å². The molecule has 1 saturated heterocycles. The maximum Gasteiger partial charge on any atom is 0.254 e. The van der Waals surface area contributed by atoms with Gasteiger partial charge in [-0.05, 0) is 59.2 Å². The average molecular weight is 405 g/mol.